The van der Waals surface area contributed by atoms with Crippen LogP contribution in [-0.4, -0.2) is 6.09 Å². The highest BCUT2D eigenvalue weighted by Gasteiger charge is 2.12. The van der Waals surface area contributed by atoms with Crippen molar-refractivity contribution in [1.82, 2.24) is 5.32 Å². The normalized spacial score (nSPS) is 12.1. The number of rotatable bonds is 4. The summed E-state index contributed by atoms with van der Waals surface area (Å²) in [5.74, 6) is 0. The van der Waals surface area contributed by atoms with Crippen molar-refractivity contribution in [2.24, 2.45) is 0 Å². The molecule has 0 radical (unpaired) electrons. The third-order valence-corrected chi connectivity index (χ3v) is 2.40. The van der Waals surface area contributed by atoms with E-state index in [4.69, 9.17) is 16.3 Å². The summed E-state index contributed by atoms with van der Waals surface area (Å²) < 4.78 is 5.14. The molecule has 0 bridgehead atoms. The maximum absolute atomic E-state index is 11.4. The zero-order valence-electron chi connectivity index (χ0n) is 9.52. The first-order chi connectivity index (χ1) is 8.15. The quantitative estimate of drug-likeness (QED) is 0.826. The third-order valence-electron chi connectivity index (χ3n) is 2.06. The maximum atomic E-state index is 11.4. The third kappa shape index (κ3) is 4.33. The minimum atomic E-state index is -0.532. The number of hydrogen-bond donors (Lipinski definition) is 1. The lowest BCUT2D eigenvalue weighted by Crippen LogP contribution is -2.20. The molecule has 0 spiro atoms. The number of nitrogens with one attached hydrogen (secondary N) is 1. The summed E-state index contributed by atoms with van der Waals surface area (Å²) in [6.45, 7) is 5.24. The Bertz CT molecular complexity index is 429. The number of amides is 1. The lowest BCUT2D eigenvalue weighted by Gasteiger charge is -2.14. The fourth-order valence-electron chi connectivity index (χ4n) is 1.25. The Hall–Kier alpha value is -1.74. The molecular weight excluding hydrogens is 238 g/mol. The first kappa shape index (κ1) is 13.3. The molecule has 0 aromatic heterocycles. The van der Waals surface area contributed by atoms with Gasteiger partial charge in [0.1, 0.15) is 6.10 Å². The van der Waals surface area contributed by atoms with Crippen LogP contribution >= 0.6 is 11.6 Å². The first-order valence-corrected chi connectivity index (χ1v) is 5.52. The predicted octanol–water partition coefficient (Wildman–Crippen LogP) is 3.83. The Balaban J connectivity index is 2.57. The second-order valence-electron chi connectivity index (χ2n) is 3.31. The Morgan fingerprint density at radius 3 is 2.88 bits per heavy atom. The van der Waals surface area contributed by atoms with Crippen molar-refractivity contribution in [3.8, 4) is 0 Å². The molecular formula is C13H14ClNO2. The zero-order valence-corrected chi connectivity index (χ0v) is 10.3. The predicted molar refractivity (Wildman–Crippen MR) is 68.8 cm³/mol. The Labute approximate surface area is 106 Å². The van der Waals surface area contributed by atoms with Crippen molar-refractivity contribution >= 4 is 17.7 Å². The number of benzene rings is 1. The average Bonchev–Trinajstić information content (AvgIpc) is 2.29. The summed E-state index contributed by atoms with van der Waals surface area (Å²) in [5, 5.41) is 3.03. The van der Waals surface area contributed by atoms with Crippen molar-refractivity contribution in [2.45, 2.75) is 13.0 Å². The molecule has 0 aliphatic heterocycles. The standard InChI is InChI=1S/C13H14ClNO2/c1-3-4-9-15-13(16)17-10(2)11-7-5-6-8-12(11)14/h3-10H,1H2,2H3,(H,15,16)/t10-/m1/s1. The number of ether oxygens (including phenoxy) is 1. The summed E-state index contributed by atoms with van der Waals surface area (Å²) in [6, 6.07) is 7.24. The summed E-state index contributed by atoms with van der Waals surface area (Å²) in [4.78, 5) is 11.4. The van der Waals surface area contributed by atoms with Gasteiger partial charge in [0.2, 0.25) is 0 Å². The van der Waals surface area contributed by atoms with Gasteiger partial charge in [-0.25, -0.2) is 4.79 Å². The molecule has 0 aliphatic carbocycles. The highest BCUT2D eigenvalue weighted by atomic mass is 35.5. The van der Waals surface area contributed by atoms with Crippen LogP contribution in [0.5, 0.6) is 0 Å². The lowest BCUT2D eigenvalue weighted by molar-refractivity contribution is 0.110. The van der Waals surface area contributed by atoms with Crippen LogP contribution in [0.2, 0.25) is 5.02 Å². The molecule has 0 saturated carbocycles. The van der Waals surface area contributed by atoms with E-state index >= 15 is 0 Å². The molecule has 0 unspecified atom stereocenters. The van der Waals surface area contributed by atoms with Gasteiger partial charge < -0.3 is 4.74 Å². The summed E-state index contributed by atoms with van der Waals surface area (Å²) in [7, 11) is 0. The van der Waals surface area contributed by atoms with Gasteiger partial charge in [-0.1, -0.05) is 42.5 Å². The van der Waals surface area contributed by atoms with Crippen LogP contribution in [0.25, 0.3) is 0 Å². The highest BCUT2D eigenvalue weighted by Crippen LogP contribution is 2.24. The Morgan fingerprint density at radius 1 is 1.53 bits per heavy atom. The van der Waals surface area contributed by atoms with Gasteiger partial charge >= 0.3 is 6.09 Å². The fourth-order valence-corrected chi connectivity index (χ4v) is 1.54. The van der Waals surface area contributed by atoms with E-state index in [1.54, 1.807) is 25.1 Å². The molecule has 1 atom stereocenters. The Morgan fingerprint density at radius 2 is 2.24 bits per heavy atom. The van der Waals surface area contributed by atoms with Gasteiger partial charge in [-0.15, -0.1) is 0 Å². The molecule has 0 fully saturated rings. The van der Waals surface area contributed by atoms with Gasteiger partial charge in [0.25, 0.3) is 0 Å². The van der Waals surface area contributed by atoms with Gasteiger partial charge in [0.05, 0.1) is 0 Å². The number of halogens is 1. The smallest absolute Gasteiger partial charge is 0.411 e. The summed E-state index contributed by atoms with van der Waals surface area (Å²) in [5.41, 5.74) is 0.775. The van der Waals surface area contributed by atoms with E-state index in [1.165, 1.54) is 6.20 Å². The molecule has 1 N–H and O–H groups in total. The topological polar surface area (TPSA) is 38.3 Å². The van der Waals surface area contributed by atoms with Gasteiger partial charge in [-0.2, -0.15) is 0 Å². The van der Waals surface area contributed by atoms with Crippen LogP contribution in [0.4, 0.5) is 4.79 Å². The highest BCUT2D eigenvalue weighted by molar-refractivity contribution is 6.31. The average molecular weight is 252 g/mol. The molecule has 1 aromatic carbocycles. The van der Waals surface area contributed by atoms with Crippen LogP contribution in [-0.2, 0) is 4.74 Å². The minimum Gasteiger partial charge on any atom is -0.441 e. The van der Waals surface area contributed by atoms with Crippen LogP contribution in [0.3, 0.4) is 0 Å². The van der Waals surface area contributed by atoms with E-state index in [-0.39, 0.29) is 0 Å². The first-order valence-electron chi connectivity index (χ1n) is 5.14. The van der Waals surface area contributed by atoms with Crippen molar-refractivity contribution in [3.63, 3.8) is 0 Å². The number of carbonyl (C=O) groups is 1. The molecule has 0 aliphatic rings. The van der Waals surface area contributed by atoms with E-state index < -0.39 is 12.2 Å². The van der Waals surface area contributed by atoms with Gasteiger partial charge in [-0.3, -0.25) is 5.32 Å². The molecule has 1 amide bonds. The second kappa shape index (κ2) is 6.76. The fraction of sp³-hybridized carbons (Fsp3) is 0.154. The summed E-state index contributed by atoms with van der Waals surface area (Å²) >= 11 is 5.99. The molecule has 1 aromatic rings. The second-order valence-corrected chi connectivity index (χ2v) is 3.72. The van der Waals surface area contributed by atoms with Gasteiger partial charge in [-0.05, 0) is 19.1 Å². The van der Waals surface area contributed by atoms with E-state index in [0.29, 0.717) is 5.02 Å². The van der Waals surface area contributed by atoms with Crippen molar-refractivity contribution in [3.05, 3.63) is 59.8 Å². The molecule has 3 nitrogen and oxygen atoms in total. The molecule has 1 rings (SSSR count). The van der Waals surface area contributed by atoms with Crippen LogP contribution < -0.4 is 5.32 Å². The minimum absolute atomic E-state index is 0.402. The van der Waals surface area contributed by atoms with Crippen LogP contribution in [0, 0.1) is 0 Å². The van der Waals surface area contributed by atoms with Crippen LogP contribution in [0.1, 0.15) is 18.6 Å². The zero-order chi connectivity index (χ0) is 12.7. The van der Waals surface area contributed by atoms with Crippen molar-refractivity contribution in [2.75, 3.05) is 0 Å². The Kier molecular flexibility index (Phi) is 5.30. The molecule has 0 saturated heterocycles. The van der Waals surface area contributed by atoms with E-state index in [1.807, 2.05) is 18.2 Å². The van der Waals surface area contributed by atoms with Gasteiger partial charge in [0, 0.05) is 16.8 Å². The molecule has 0 heterocycles. The summed E-state index contributed by atoms with van der Waals surface area (Å²) in [6.07, 6.45) is 3.67. The molecule has 90 valence electrons. The molecule has 4 heteroatoms. The number of alkyl carbamates (subject to hydrolysis) is 1. The number of allylic oxidation sites excluding steroid dienone is 2. The molecule has 17 heavy (non-hydrogen) atoms. The SMILES string of the molecule is C=CC=CNC(=O)O[C@H](C)c1ccccc1Cl. The number of carbonyl (C=O) groups excluding carboxylic acids is 1. The van der Waals surface area contributed by atoms with Crippen LogP contribution in [0.15, 0.2) is 49.2 Å². The van der Waals surface area contributed by atoms with E-state index in [9.17, 15) is 4.79 Å². The lowest BCUT2D eigenvalue weighted by atomic mass is 10.1. The number of hydrogen-bond acceptors (Lipinski definition) is 2. The monoisotopic (exact) mass is 251 g/mol. The van der Waals surface area contributed by atoms with E-state index in [0.717, 1.165) is 5.56 Å². The van der Waals surface area contributed by atoms with Crippen molar-refractivity contribution in [1.29, 1.82) is 0 Å². The van der Waals surface area contributed by atoms with E-state index in [2.05, 4.69) is 11.9 Å². The van der Waals surface area contributed by atoms with Gasteiger partial charge in [0.15, 0.2) is 0 Å². The maximum Gasteiger partial charge on any atom is 0.411 e. The van der Waals surface area contributed by atoms with Crippen molar-refractivity contribution < 1.29 is 9.53 Å². The largest absolute Gasteiger partial charge is 0.441 e.